The number of aliphatic hydroxyl groups excluding tert-OH is 1. The number of amides is 1. The van der Waals surface area contributed by atoms with Crippen LogP contribution in [0.4, 0.5) is 0 Å². The van der Waals surface area contributed by atoms with Crippen LogP contribution in [-0.4, -0.2) is 73.4 Å². The molecule has 1 amide bonds. The van der Waals surface area contributed by atoms with E-state index in [1.54, 1.807) is 0 Å². The van der Waals surface area contributed by atoms with Crippen LogP contribution in [0.25, 0.3) is 0 Å². The third-order valence-electron chi connectivity index (χ3n) is 11.0. The van der Waals surface area contributed by atoms with Gasteiger partial charge in [0.25, 0.3) is 0 Å². The summed E-state index contributed by atoms with van der Waals surface area (Å²) in [5.41, 5.74) is 0. The van der Waals surface area contributed by atoms with Crippen molar-refractivity contribution in [3.05, 3.63) is 72.9 Å². The molecular formula is C53H98N2O6P+. The molecule has 0 spiro atoms. The van der Waals surface area contributed by atoms with Crippen molar-refractivity contribution in [2.24, 2.45) is 0 Å². The summed E-state index contributed by atoms with van der Waals surface area (Å²) in [5, 5.41) is 14.0. The summed E-state index contributed by atoms with van der Waals surface area (Å²) in [6, 6.07) is -0.788. The van der Waals surface area contributed by atoms with Crippen LogP contribution in [0.2, 0.25) is 0 Å². The summed E-state index contributed by atoms with van der Waals surface area (Å²) >= 11 is 0. The lowest BCUT2D eigenvalue weighted by Crippen LogP contribution is -2.46. The molecule has 0 aliphatic carbocycles. The van der Waals surface area contributed by atoms with Gasteiger partial charge in [0.05, 0.1) is 39.9 Å². The number of nitrogens with one attached hydrogen (secondary N) is 1. The summed E-state index contributed by atoms with van der Waals surface area (Å²) in [5.74, 6) is -0.188. The van der Waals surface area contributed by atoms with E-state index < -0.39 is 20.0 Å². The number of rotatable bonds is 45. The second kappa shape index (κ2) is 44.2. The summed E-state index contributed by atoms with van der Waals surface area (Å²) < 4.78 is 23.7. The van der Waals surface area contributed by atoms with E-state index in [0.29, 0.717) is 30.3 Å². The topological polar surface area (TPSA) is 105 Å². The SMILES string of the molecule is CC/C=C\C/C=C\C/C=C\C/C=C\C/C=C\C/C=C\CCCCC(=O)NC(COP(=O)(O)OCC[N+](C)(C)C)C(O)CCCCCCCCCCCCCCCCCCCCC. The molecule has 0 saturated heterocycles. The molecule has 0 saturated carbocycles. The molecule has 0 aromatic heterocycles. The Bertz CT molecular complexity index is 1240. The van der Waals surface area contributed by atoms with Crippen LogP contribution in [0.15, 0.2) is 72.9 Å². The number of quaternary nitrogens is 1. The monoisotopic (exact) mass is 890 g/mol. The maximum atomic E-state index is 12.9. The van der Waals surface area contributed by atoms with Crippen LogP contribution in [0.3, 0.4) is 0 Å². The van der Waals surface area contributed by atoms with Gasteiger partial charge in [0.15, 0.2) is 0 Å². The van der Waals surface area contributed by atoms with E-state index >= 15 is 0 Å². The Morgan fingerprint density at radius 3 is 1.39 bits per heavy atom. The van der Waals surface area contributed by atoms with Crippen LogP contribution >= 0.6 is 7.82 Å². The molecule has 360 valence electrons. The summed E-state index contributed by atoms with van der Waals surface area (Å²) in [6.07, 6.45) is 59.4. The van der Waals surface area contributed by atoms with E-state index in [0.717, 1.165) is 70.6 Å². The lowest BCUT2D eigenvalue weighted by molar-refractivity contribution is -0.870. The Labute approximate surface area is 383 Å². The normalized spacial score (nSPS) is 14.8. The lowest BCUT2D eigenvalue weighted by atomic mass is 10.0. The molecule has 3 unspecified atom stereocenters. The van der Waals surface area contributed by atoms with Crippen LogP contribution < -0.4 is 5.32 Å². The zero-order chi connectivity index (χ0) is 45.7. The molecule has 3 N–H and O–H groups in total. The Kier molecular flexibility index (Phi) is 42.7. The molecule has 0 heterocycles. The molecule has 8 nitrogen and oxygen atoms in total. The molecule has 0 aliphatic heterocycles. The number of likely N-dealkylation sites (N-methyl/N-ethyl adjacent to an activating group) is 1. The van der Waals surface area contributed by atoms with Gasteiger partial charge in [0, 0.05) is 6.42 Å². The maximum Gasteiger partial charge on any atom is 0.472 e. The van der Waals surface area contributed by atoms with Crippen molar-refractivity contribution in [1.82, 2.24) is 5.32 Å². The van der Waals surface area contributed by atoms with Gasteiger partial charge >= 0.3 is 7.82 Å². The highest BCUT2D eigenvalue weighted by molar-refractivity contribution is 7.47. The minimum absolute atomic E-state index is 0.0625. The smallest absolute Gasteiger partial charge is 0.391 e. The first-order valence-electron chi connectivity index (χ1n) is 25.3. The first kappa shape index (κ1) is 59.9. The summed E-state index contributed by atoms with van der Waals surface area (Å²) in [4.78, 5) is 23.2. The molecule has 0 rings (SSSR count). The predicted molar refractivity (Wildman–Crippen MR) is 267 cm³/mol. The van der Waals surface area contributed by atoms with Crippen LogP contribution in [0.1, 0.15) is 206 Å². The van der Waals surface area contributed by atoms with Crippen LogP contribution in [0.5, 0.6) is 0 Å². The van der Waals surface area contributed by atoms with Crippen molar-refractivity contribution in [1.29, 1.82) is 0 Å². The fraction of sp³-hybridized carbons (Fsp3) is 0.755. The number of phosphoric ester groups is 1. The van der Waals surface area contributed by atoms with Gasteiger partial charge in [-0.3, -0.25) is 13.8 Å². The molecular weight excluding hydrogens is 792 g/mol. The highest BCUT2D eigenvalue weighted by Gasteiger charge is 2.28. The van der Waals surface area contributed by atoms with Gasteiger partial charge in [-0.15, -0.1) is 0 Å². The van der Waals surface area contributed by atoms with Crippen molar-refractivity contribution in [2.75, 3.05) is 40.9 Å². The van der Waals surface area contributed by atoms with Crippen molar-refractivity contribution in [3.63, 3.8) is 0 Å². The van der Waals surface area contributed by atoms with E-state index in [1.807, 2.05) is 21.1 Å². The van der Waals surface area contributed by atoms with Crippen molar-refractivity contribution in [2.45, 2.75) is 219 Å². The number of aliphatic hydroxyl groups is 1. The summed E-state index contributed by atoms with van der Waals surface area (Å²) in [6.45, 7) is 4.74. The molecule has 0 aromatic carbocycles. The third-order valence-corrected chi connectivity index (χ3v) is 12.0. The minimum atomic E-state index is -4.34. The highest BCUT2D eigenvalue weighted by atomic mass is 31.2. The molecule has 0 aliphatic rings. The summed E-state index contributed by atoms with van der Waals surface area (Å²) in [7, 11) is 1.58. The molecule has 0 aromatic rings. The number of unbranched alkanes of at least 4 members (excludes halogenated alkanes) is 20. The van der Waals surface area contributed by atoms with Gasteiger partial charge in [-0.2, -0.15) is 0 Å². The van der Waals surface area contributed by atoms with E-state index in [9.17, 15) is 19.4 Å². The second-order valence-electron chi connectivity index (χ2n) is 18.2. The van der Waals surface area contributed by atoms with Crippen molar-refractivity contribution >= 4 is 13.7 Å². The number of carbonyl (C=O) groups is 1. The zero-order valence-electron chi connectivity index (χ0n) is 40.8. The quantitative estimate of drug-likeness (QED) is 0.0243. The van der Waals surface area contributed by atoms with E-state index in [2.05, 4.69) is 92.1 Å². The number of hydrogen-bond donors (Lipinski definition) is 3. The molecule has 9 heteroatoms. The third kappa shape index (κ3) is 45.9. The van der Waals surface area contributed by atoms with Gasteiger partial charge in [-0.25, -0.2) is 4.57 Å². The Balaban J connectivity index is 4.39. The van der Waals surface area contributed by atoms with Crippen molar-refractivity contribution < 1.29 is 32.9 Å². The largest absolute Gasteiger partial charge is 0.472 e. The predicted octanol–water partition coefficient (Wildman–Crippen LogP) is 14.8. The highest BCUT2D eigenvalue weighted by Crippen LogP contribution is 2.43. The van der Waals surface area contributed by atoms with Gasteiger partial charge in [0.2, 0.25) is 5.91 Å². The molecule has 0 bridgehead atoms. The Hall–Kier alpha value is -2.06. The van der Waals surface area contributed by atoms with Crippen molar-refractivity contribution in [3.8, 4) is 0 Å². The Morgan fingerprint density at radius 2 is 0.968 bits per heavy atom. The maximum absolute atomic E-state index is 12.9. The fourth-order valence-corrected chi connectivity index (χ4v) is 7.73. The van der Waals surface area contributed by atoms with Gasteiger partial charge in [-0.1, -0.05) is 209 Å². The van der Waals surface area contributed by atoms with E-state index in [-0.39, 0.29) is 19.1 Å². The molecule has 62 heavy (non-hydrogen) atoms. The standard InChI is InChI=1S/C53H97N2O6P/c1-6-8-10-12-14-16-18-20-22-24-26-27-29-31-33-35-37-39-41-43-45-47-53(57)54-51(50-61-62(58,59)60-49-48-55(3,4)5)52(56)46-44-42-40-38-36-34-32-30-28-25-23-21-19-17-15-13-11-9-7-2/h8,10,14,16,20,22,26-27,31,33,37,39,51-52,56H,6-7,9,11-13,15,17-19,21,23-25,28-30,32,34-36,38,40-50H2,1-5H3,(H-,54,57,58,59)/p+1/b10-8-,16-14-,22-20-,27-26-,33-31-,39-37-. The minimum Gasteiger partial charge on any atom is -0.391 e. The first-order chi connectivity index (χ1) is 30.0. The number of phosphoric acid groups is 1. The number of carbonyl (C=O) groups excluding carboxylic acids is 1. The number of nitrogens with zero attached hydrogens (tertiary/aromatic N) is 1. The number of hydrogen-bond acceptors (Lipinski definition) is 5. The average Bonchev–Trinajstić information content (AvgIpc) is 3.23. The average molecular weight is 890 g/mol. The number of allylic oxidation sites excluding steroid dienone is 12. The Morgan fingerprint density at radius 1 is 0.565 bits per heavy atom. The molecule has 0 fully saturated rings. The first-order valence-corrected chi connectivity index (χ1v) is 26.8. The van der Waals surface area contributed by atoms with Crippen LogP contribution in [-0.2, 0) is 18.4 Å². The molecule has 3 atom stereocenters. The van der Waals surface area contributed by atoms with E-state index in [4.69, 9.17) is 9.05 Å². The lowest BCUT2D eigenvalue weighted by Gasteiger charge is -2.26. The zero-order valence-corrected chi connectivity index (χ0v) is 41.7. The molecule has 0 radical (unpaired) electrons. The van der Waals surface area contributed by atoms with Gasteiger partial charge in [-0.05, 0) is 64.2 Å². The fourth-order valence-electron chi connectivity index (χ4n) is 6.99. The second-order valence-corrected chi connectivity index (χ2v) is 19.6. The van der Waals surface area contributed by atoms with Gasteiger partial charge in [0.1, 0.15) is 13.2 Å². The van der Waals surface area contributed by atoms with Gasteiger partial charge < -0.3 is 19.8 Å². The van der Waals surface area contributed by atoms with E-state index in [1.165, 1.54) is 103 Å². The van der Waals surface area contributed by atoms with Crippen LogP contribution in [0, 0.1) is 0 Å².